The van der Waals surface area contributed by atoms with E-state index in [0.717, 1.165) is 44.3 Å². The normalized spacial score (nSPS) is 15.6. The molecule has 0 unspecified atom stereocenters. The summed E-state index contributed by atoms with van der Waals surface area (Å²) in [5.41, 5.74) is 7.54. The fourth-order valence-corrected chi connectivity index (χ4v) is 6.70. The number of rotatable bonds is 4. The lowest BCUT2D eigenvalue weighted by Crippen LogP contribution is -2.36. The molecular formula is C31H26N2O2S. The van der Waals surface area contributed by atoms with E-state index in [-0.39, 0.29) is 4.90 Å². The smallest absolute Gasteiger partial charge is 0.265 e. The second kappa shape index (κ2) is 8.54. The number of aryl methyl sites for hydroxylation is 2. The van der Waals surface area contributed by atoms with Gasteiger partial charge in [0.05, 0.1) is 16.6 Å². The lowest BCUT2D eigenvalue weighted by Gasteiger charge is -2.39. The Morgan fingerprint density at radius 1 is 0.750 bits per heavy atom. The fourth-order valence-electron chi connectivity index (χ4n) is 5.07. The van der Waals surface area contributed by atoms with Gasteiger partial charge in [-0.05, 0) is 54.8 Å². The van der Waals surface area contributed by atoms with Gasteiger partial charge in [0.2, 0.25) is 0 Å². The van der Waals surface area contributed by atoms with Gasteiger partial charge in [-0.3, -0.25) is 4.31 Å². The molecular weight excluding hydrogens is 464 g/mol. The summed E-state index contributed by atoms with van der Waals surface area (Å²) in [6, 6.07) is 30.6. The first-order valence-electron chi connectivity index (χ1n) is 12.0. The van der Waals surface area contributed by atoms with Gasteiger partial charge < -0.3 is 4.98 Å². The molecule has 0 aliphatic carbocycles. The number of benzene rings is 4. The van der Waals surface area contributed by atoms with E-state index >= 15 is 0 Å². The van der Waals surface area contributed by atoms with Gasteiger partial charge in [-0.25, -0.2) is 8.42 Å². The Morgan fingerprint density at radius 2 is 1.44 bits per heavy atom. The Hall–Kier alpha value is -4.09. The predicted molar refractivity (Wildman–Crippen MR) is 146 cm³/mol. The van der Waals surface area contributed by atoms with Gasteiger partial charge in [0.1, 0.15) is 0 Å². The Bertz CT molecular complexity index is 1720. The molecule has 1 aliphatic rings. The first-order valence-corrected chi connectivity index (χ1v) is 13.4. The lowest BCUT2D eigenvalue weighted by atomic mass is 9.88. The van der Waals surface area contributed by atoms with Crippen LogP contribution in [0, 0.1) is 13.8 Å². The van der Waals surface area contributed by atoms with Crippen LogP contribution < -0.4 is 0 Å². The highest BCUT2D eigenvalue weighted by atomic mass is 32.2. The Morgan fingerprint density at radius 3 is 2.22 bits per heavy atom. The van der Waals surface area contributed by atoms with Crippen molar-refractivity contribution in [2.24, 2.45) is 0 Å². The van der Waals surface area contributed by atoms with Crippen molar-refractivity contribution in [3.8, 4) is 0 Å². The molecule has 36 heavy (non-hydrogen) atoms. The van der Waals surface area contributed by atoms with Crippen LogP contribution in [0.15, 0.2) is 108 Å². The molecule has 178 valence electrons. The van der Waals surface area contributed by atoms with E-state index in [0.29, 0.717) is 5.70 Å². The van der Waals surface area contributed by atoms with Crippen LogP contribution in [0.25, 0.3) is 22.7 Å². The molecule has 4 aromatic carbocycles. The van der Waals surface area contributed by atoms with Crippen LogP contribution in [-0.4, -0.2) is 17.7 Å². The number of fused-ring (bicyclic) bond motifs is 2. The number of nitrogens with zero attached hydrogens (tertiary/aromatic N) is 1. The van der Waals surface area contributed by atoms with Crippen LogP contribution in [0.2, 0.25) is 0 Å². The van der Waals surface area contributed by atoms with Crippen molar-refractivity contribution in [1.82, 2.24) is 9.29 Å². The second-order valence-electron chi connectivity index (χ2n) is 9.33. The molecule has 5 heteroatoms. The highest BCUT2D eigenvalue weighted by Crippen LogP contribution is 2.47. The molecule has 1 atom stereocenters. The van der Waals surface area contributed by atoms with Crippen molar-refractivity contribution in [3.63, 3.8) is 0 Å². The third-order valence-electron chi connectivity index (χ3n) is 6.86. The van der Waals surface area contributed by atoms with Gasteiger partial charge in [-0.1, -0.05) is 90.0 Å². The van der Waals surface area contributed by atoms with Crippen molar-refractivity contribution in [2.75, 3.05) is 0 Å². The molecule has 5 aromatic rings. The van der Waals surface area contributed by atoms with E-state index in [1.807, 2.05) is 85.9 Å². The molecule has 4 nitrogen and oxygen atoms in total. The maximum Gasteiger partial charge on any atom is 0.265 e. The molecule has 0 saturated heterocycles. The summed E-state index contributed by atoms with van der Waals surface area (Å²) in [6.07, 6.45) is 3.96. The Balaban J connectivity index is 1.68. The zero-order valence-corrected chi connectivity index (χ0v) is 21.0. The molecule has 0 amide bonds. The molecule has 1 aliphatic heterocycles. The number of hydrogen-bond donors (Lipinski definition) is 1. The number of nitrogens with one attached hydrogen (secondary N) is 1. The van der Waals surface area contributed by atoms with E-state index in [2.05, 4.69) is 30.1 Å². The summed E-state index contributed by atoms with van der Waals surface area (Å²) in [5.74, 6) is 0. The summed E-state index contributed by atoms with van der Waals surface area (Å²) >= 11 is 0. The number of para-hydroxylation sites is 1. The van der Waals surface area contributed by atoms with Crippen LogP contribution in [0.5, 0.6) is 0 Å². The lowest BCUT2D eigenvalue weighted by molar-refractivity contribution is 0.463. The summed E-state index contributed by atoms with van der Waals surface area (Å²) in [7, 11) is -3.92. The maximum absolute atomic E-state index is 14.5. The standard InChI is InChI=1S/C31H26N2O2S/c1-21-12-15-25(16-13-21)36(34,35)33-30(23-8-4-3-5-9-23)19-24-18-22(2)14-17-26(24)31(33)28-20-32-29-11-7-6-10-27(28)29/h3-20,31-32H,1-2H3/t31-/m1/s1. The minimum absolute atomic E-state index is 0.273. The summed E-state index contributed by atoms with van der Waals surface area (Å²) in [5, 5.41) is 1.01. The van der Waals surface area contributed by atoms with Crippen LogP contribution in [0.3, 0.4) is 0 Å². The Kier molecular flexibility index (Phi) is 5.31. The number of sulfonamides is 1. The number of aromatic amines is 1. The van der Waals surface area contributed by atoms with E-state index < -0.39 is 16.1 Å². The van der Waals surface area contributed by atoms with Gasteiger partial charge in [-0.2, -0.15) is 0 Å². The molecule has 6 rings (SSSR count). The average Bonchev–Trinajstić information content (AvgIpc) is 3.32. The van der Waals surface area contributed by atoms with Crippen LogP contribution in [-0.2, 0) is 10.0 Å². The quantitative estimate of drug-likeness (QED) is 0.293. The Labute approximate surface area is 211 Å². The number of aromatic nitrogens is 1. The monoisotopic (exact) mass is 490 g/mol. The summed E-state index contributed by atoms with van der Waals surface area (Å²) < 4.78 is 30.6. The van der Waals surface area contributed by atoms with Crippen LogP contribution in [0.1, 0.15) is 39.4 Å². The van der Waals surface area contributed by atoms with Gasteiger partial charge in [-0.15, -0.1) is 0 Å². The van der Waals surface area contributed by atoms with Crippen molar-refractivity contribution >= 4 is 32.7 Å². The van der Waals surface area contributed by atoms with Crippen LogP contribution >= 0.6 is 0 Å². The van der Waals surface area contributed by atoms with E-state index in [9.17, 15) is 8.42 Å². The SMILES string of the molecule is Cc1ccc(S(=O)(=O)N2C(c3ccccc3)=Cc3cc(C)ccc3[C@@H]2c2c[nH]c3ccccc23)cc1. The fraction of sp³-hybridized carbons (Fsp3) is 0.0968. The maximum atomic E-state index is 14.5. The molecule has 2 heterocycles. The van der Waals surface area contributed by atoms with Gasteiger partial charge >= 0.3 is 0 Å². The molecule has 0 saturated carbocycles. The molecule has 0 bridgehead atoms. The topological polar surface area (TPSA) is 53.2 Å². The summed E-state index contributed by atoms with van der Waals surface area (Å²) in [4.78, 5) is 3.63. The predicted octanol–water partition coefficient (Wildman–Crippen LogP) is 7.08. The molecule has 0 fully saturated rings. The zero-order valence-electron chi connectivity index (χ0n) is 20.1. The van der Waals surface area contributed by atoms with E-state index in [1.165, 1.54) is 0 Å². The molecule has 0 radical (unpaired) electrons. The van der Waals surface area contributed by atoms with Gasteiger partial charge in [0.25, 0.3) is 10.0 Å². The molecule has 1 N–H and O–H groups in total. The largest absolute Gasteiger partial charge is 0.361 e. The van der Waals surface area contributed by atoms with Crippen molar-refractivity contribution in [1.29, 1.82) is 0 Å². The van der Waals surface area contributed by atoms with E-state index in [4.69, 9.17) is 0 Å². The first kappa shape index (κ1) is 22.4. The third kappa shape index (κ3) is 3.64. The van der Waals surface area contributed by atoms with E-state index in [1.54, 1.807) is 16.4 Å². The highest BCUT2D eigenvalue weighted by Gasteiger charge is 2.40. The van der Waals surface area contributed by atoms with Crippen molar-refractivity contribution in [2.45, 2.75) is 24.8 Å². The third-order valence-corrected chi connectivity index (χ3v) is 8.66. The van der Waals surface area contributed by atoms with Gasteiger partial charge in [0.15, 0.2) is 0 Å². The molecule has 1 aromatic heterocycles. The van der Waals surface area contributed by atoms with Crippen molar-refractivity contribution < 1.29 is 8.42 Å². The van der Waals surface area contributed by atoms with Crippen molar-refractivity contribution in [3.05, 3.63) is 137 Å². The van der Waals surface area contributed by atoms with Gasteiger partial charge in [0, 0.05) is 22.7 Å². The summed E-state index contributed by atoms with van der Waals surface area (Å²) in [6.45, 7) is 4.02. The zero-order chi connectivity index (χ0) is 24.9. The molecule has 0 spiro atoms. The second-order valence-corrected chi connectivity index (χ2v) is 11.1. The minimum atomic E-state index is -3.92. The minimum Gasteiger partial charge on any atom is -0.361 e. The first-order chi connectivity index (χ1) is 17.4. The average molecular weight is 491 g/mol. The highest BCUT2D eigenvalue weighted by molar-refractivity contribution is 7.89. The number of hydrogen-bond acceptors (Lipinski definition) is 2. The number of H-pyrrole nitrogens is 1. The van der Waals surface area contributed by atoms with Crippen LogP contribution in [0.4, 0.5) is 0 Å².